The third-order valence-corrected chi connectivity index (χ3v) is 4.16. The predicted molar refractivity (Wildman–Crippen MR) is 79.6 cm³/mol. The highest BCUT2D eigenvalue weighted by Gasteiger charge is 2.39. The molecule has 0 aliphatic heterocycles. The van der Waals surface area contributed by atoms with Gasteiger partial charge in [0.15, 0.2) is 0 Å². The van der Waals surface area contributed by atoms with Gasteiger partial charge in [0.25, 0.3) is 0 Å². The van der Waals surface area contributed by atoms with Gasteiger partial charge in [-0.25, -0.2) is 0 Å². The maximum atomic E-state index is 5.91. The fourth-order valence-electron chi connectivity index (χ4n) is 3.54. The van der Waals surface area contributed by atoms with Crippen LogP contribution < -0.4 is 5.73 Å². The highest BCUT2D eigenvalue weighted by molar-refractivity contribution is 5.85. The van der Waals surface area contributed by atoms with Gasteiger partial charge in [0.05, 0.1) is 0 Å². The Hall–Kier alpha value is -0.0100. The molecule has 1 nitrogen and oxygen atoms in total. The monoisotopic (exact) mass is 259 g/mol. The second-order valence-electron chi connectivity index (χ2n) is 6.59. The minimum atomic E-state index is 0. The van der Waals surface area contributed by atoms with Crippen LogP contribution in [0.15, 0.2) is 11.6 Å². The second-order valence-corrected chi connectivity index (χ2v) is 6.59. The van der Waals surface area contributed by atoms with Crippen LogP contribution in [0.3, 0.4) is 0 Å². The summed E-state index contributed by atoms with van der Waals surface area (Å²) in [6, 6.07) is 0.204. The number of hydrogen-bond acceptors (Lipinski definition) is 1. The van der Waals surface area contributed by atoms with Crippen LogP contribution in [0.2, 0.25) is 0 Å². The minimum Gasteiger partial charge on any atom is -0.325 e. The van der Waals surface area contributed by atoms with E-state index in [0.717, 1.165) is 0 Å². The van der Waals surface area contributed by atoms with E-state index in [9.17, 15) is 0 Å². The van der Waals surface area contributed by atoms with Crippen molar-refractivity contribution in [1.82, 2.24) is 0 Å². The van der Waals surface area contributed by atoms with Crippen LogP contribution in [-0.2, 0) is 0 Å². The van der Waals surface area contributed by atoms with Gasteiger partial charge in [0.1, 0.15) is 0 Å². The van der Waals surface area contributed by atoms with Gasteiger partial charge < -0.3 is 5.73 Å². The lowest BCUT2D eigenvalue weighted by molar-refractivity contribution is 0.108. The molecule has 1 aliphatic rings. The predicted octanol–water partition coefficient (Wildman–Crippen LogP) is 4.70. The van der Waals surface area contributed by atoms with Crippen LogP contribution in [0, 0.1) is 10.8 Å². The Balaban J connectivity index is 0.00000256. The van der Waals surface area contributed by atoms with Crippen LogP contribution >= 0.6 is 12.4 Å². The molecule has 0 heterocycles. The Kier molecular flexibility index (Phi) is 6.24. The van der Waals surface area contributed by atoms with Crippen LogP contribution in [0.4, 0.5) is 0 Å². The molecule has 2 heteroatoms. The molecule has 2 N–H and O–H groups in total. The summed E-state index contributed by atoms with van der Waals surface area (Å²) in [5.74, 6) is 0. The molecule has 1 fully saturated rings. The second kappa shape index (κ2) is 6.24. The minimum absolute atomic E-state index is 0. The Morgan fingerprint density at radius 3 is 2.18 bits per heavy atom. The zero-order valence-electron chi connectivity index (χ0n) is 12.2. The number of rotatable bonds is 3. The fourth-order valence-corrected chi connectivity index (χ4v) is 3.54. The van der Waals surface area contributed by atoms with Crippen LogP contribution in [0.5, 0.6) is 0 Å². The quantitative estimate of drug-likeness (QED) is 0.731. The van der Waals surface area contributed by atoms with Crippen molar-refractivity contribution in [3.05, 3.63) is 11.6 Å². The molecule has 1 aliphatic carbocycles. The molecule has 0 spiro atoms. The molecular weight excluding hydrogens is 230 g/mol. The van der Waals surface area contributed by atoms with Crippen molar-refractivity contribution in [2.75, 3.05) is 0 Å². The lowest BCUT2D eigenvalue weighted by Crippen LogP contribution is -2.34. The molecule has 17 heavy (non-hydrogen) atoms. The molecule has 1 atom stereocenters. The van der Waals surface area contributed by atoms with E-state index in [1.807, 2.05) is 0 Å². The largest absolute Gasteiger partial charge is 0.325 e. The van der Waals surface area contributed by atoms with E-state index in [-0.39, 0.29) is 18.4 Å². The summed E-state index contributed by atoms with van der Waals surface area (Å²) in [6.45, 7) is 11.6. The molecule has 1 unspecified atom stereocenters. The van der Waals surface area contributed by atoms with Crippen molar-refractivity contribution < 1.29 is 0 Å². The molecule has 102 valence electrons. The first kappa shape index (κ1) is 17.0. The number of hydrogen-bond donors (Lipinski definition) is 1. The summed E-state index contributed by atoms with van der Waals surface area (Å²) < 4.78 is 0. The van der Waals surface area contributed by atoms with E-state index in [1.54, 1.807) is 5.57 Å². The molecule has 0 aromatic rings. The first-order valence-electron chi connectivity index (χ1n) is 6.78. The zero-order chi connectivity index (χ0) is 12.4. The van der Waals surface area contributed by atoms with Crippen LogP contribution in [0.1, 0.15) is 66.7 Å². The van der Waals surface area contributed by atoms with Gasteiger partial charge in [0.2, 0.25) is 0 Å². The van der Waals surface area contributed by atoms with Gasteiger partial charge in [-0.15, -0.1) is 12.4 Å². The number of halogens is 1. The van der Waals surface area contributed by atoms with Gasteiger partial charge in [0, 0.05) is 6.04 Å². The molecule has 1 rings (SSSR count). The maximum Gasteiger partial charge on any atom is 0.0197 e. The molecule has 0 radical (unpaired) electrons. The van der Waals surface area contributed by atoms with Crippen molar-refractivity contribution in [2.24, 2.45) is 16.6 Å². The Labute approximate surface area is 114 Å². The summed E-state index contributed by atoms with van der Waals surface area (Å²) in [5.41, 5.74) is 8.48. The summed E-state index contributed by atoms with van der Waals surface area (Å²) in [7, 11) is 0. The van der Waals surface area contributed by atoms with Gasteiger partial charge in [-0.1, -0.05) is 52.2 Å². The first-order valence-corrected chi connectivity index (χ1v) is 6.78. The summed E-state index contributed by atoms with van der Waals surface area (Å²) in [4.78, 5) is 0. The van der Waals surface area contributed by atoms with E-state index >= 15 is 0 Å². The highest BCUT2D eigenvalue weighted by Crippen LogP contribution is 2.51. The summed E-state index contributed by atoms with van der Waals surface area (Å²) in [6.07, 6.45) is 8.75. The van der Waals surface area contributed by atoms with Crippen LogP contribution in [-0.4, -0.2) is 6.04 Å². The average molecular weight is 260 g/mol. The standard InChI is InChI=1S/C15H29N.ClH/c1-6-15(7-2)10-13(8-12(3)16)9-14(4,5)11-15;/h8,12H,6-7,9-11,16H2,1-5H3;1H/b13-8+;. The van der Waals surface area contributed by atoms with Crippen molar-refractivity contribution >= 4 is 12.4 Å². The Morgan fingerprint density at radius 2 is 1.76 bits per heavy atom. The lowest BCUT2D eigenvalue weighted by atomic mass is 9.59. The Morgan fingerprint density at radius 1 is 1.24 bits per heavy atom. The fraction of sp³-hybridized carbons (Fsp3) is 0.867. The highest BCUT2D eigenvalue weighted by atomic mass is 35.5. The van der Waals surface area contributed by atoms with Gasteiger partial charge in [-0.05, 0) is 37.0 Å². The van der Waals surface area contributed by atoms with Gasteiger partial charge in [-0.2, -0.15) is 0 Å². The third-order valence-electron chi connectivity index (χ3n) is 4.16. The molecule has 0 aromatic carbocycles. The van der Waals surface area contributed by atoms with Crippen molar-refractivity contribution in [1.29, 1.82) is 0 Å². The first-order chi connectivity index (χ1) is 7.32. The number of allylic oxidation sites excluding steroid dienone is 1. The summed E-state index contributed by atoms with van der Waals surface area (Å²) >= 11 is 0. The van der Waals surface area contributed by atoms with Crippen LogP contribution in [0.25, 0.3) is 0 Å². The van der Waals surface area contributed by atoms with Crippen molar-refractivity contribution in [3.8, 4) is 0 Å². The van der Waals surface area contributed by atoms with Gasteiger partial charge >= 0.3 is 0 Å². The van der Waals surface area contributed by atoms with E-state index < -0.39 is 0 Å². The summed E-state index contributed by atoms with van der Waals surface area (Å²) in [5, 5.41) is 0. The average Bonchev–Trinajstić information content (AvgIpc) is 2.14. The molecule has 0 aromatic heterocycles. The maximum absolute atomic E-state index is 5.91. The number of nitrogens with two attached hydrogens (primary N) is 1. The molecule has 0 bridgehead atoms. The normalized spacial score (nSPS) is 26.4. The van der Waals surface area contributed by atoms with Crippen molar-refractivity contribution in [3.63, 3.8) is 0 Å². The van der Waals surface area contributed by atoms with Crippen molar-refractivity contribution in [2.45, 2.75) is 72.8 Å². The molecule has 0 saturated heterocycles. The topological polar surface area (TPSA) is 26.0 Å². The van der Waals surface area contributed by atoms with E-state index in [0.29, 0.717) is 10.8 Å². The third kappa shape index (κ3) is 4.63. The zero-order valence-corrected chi connectivity index (χ0v) is 13.0. The SMILES string of the molecule is CCC1(CC)C/C(=C/C(C)N)CC(C)(C)C1.Cl. The lowest BCUT2D eigenvalue weighted by Gasteiger charge is -2.46. The molecular formula is C15H30ClN. The van der Waals surface area contributed by atoms with E-state index in [2.05, 4.69) is 40.7 Å². The molecule has 1 saturated carbocycles. The Bertz CT molecular complexity index is 262. The smallest absolute Gasteiger partial charge is 0.0197 e. The van der Waals surface area contributed by atoms with E-state index in [1.165, 1.54) is 32.1 Å². The van der Waals surface area contributed by atoms with E-state index in [4.69, 9.17) is 5.73 Å². The molecule has 0 amide bonds. The van der Waals surface area contributed by atoms with Gasteiger partial charge in [-0.3, -0.25) is 0 Å².